The van der Waals surface area contributed by atoms with Crippen molar-refractivity contribution in [1.82, 2.24) is 0 Å². The van der Waals surface area contributed by atoms with Crippen LogP contribution in [0.2, 0.25) is 0 Å². The molecule has 0 aromatic heterocycles. The second kappa shape index (κ2) is 6.93. The molecule has 0 aliphatic rings. The lowest BCUT2D eigenvalue weighted by Crippen LogP contribution is -2.08. The fraction of sp³-hybridized carbons (Fsp3) is 0.105. The molecular formula is C19H15BrO4. The first-order chi connectivity index (χ1) is 11.6. The SMILES string of the molecule is COc1ccc(C(=O)Oc2ccc3cc(Br)ccc3c2)cc1OC. The van der Waals surface area contributed by atoms with Gasteiger partial charge in [0.1, 0.15) is 5.75 Å². The zero-order chi connectivity index (χ0) is 17.1. The van der Waals surface area contributed by atoms with Crippen molar-refractivity contribution in [2.75, 3.05) is 14.2 Å². The molecule has 0 radical (unpaired) electrons. The highest BCUT2D eigenvalue weighted by molar-refractivity contribution is 9.10. The normalized spacial score (nSPS) is 10.5. The quantitative estimate of drug-likeness (QED) is 0.475. The summed E-state index contributed by atoms with van der Waals surface area (Å²) >= 11 is 3.44. The Morgan fingerprint density at radius 2 is 1.54 bits per heavy atom. The predicted octanol–water partition coefficient (Wildman–Crippen LogP) is 4.84. The van der Waals surface area contributed by atoms with Gasteiger partial charge < -0.3 is 14.2 Å². The lowest BCUT2D eigenvalue weighted by Gasteiger charge is -2.10. The van der Waals surface area contributed by atoms with Crippen molar-refractivity contribution < 1.29 is 19.0 Å². The first-order valence-corrected chi connectivity index (χ1v) is 8.03. The van der Waals surface area contributed by atoms with Gasteiger partial charge in [0, 0.05) is 4.47 Å². The van der Waals surface area contributed by atoms with E-state index in [0.717, 1.165) is 15.2 Å². The summed E-state index contributed by atoms with van der Waals surface area (Å²) in [5.74, 6) is 1.08. The molecule has 3 aromatic carbocycles. The number of rotatable bonds is 4. The van der Waals surface area contributed by atoms with Crippen LogP contribution in [0, 0.1) is 0 Å². The molecular weight excluding hydrogens is 372 g/mol. The van der Waals surface area contributed by atoms with E-state index < -0.39 is 5.97 Å². The summed E-state index contributed by atoms with van der Waals surface area (Å²) in [6.07, 6.45) is 0. The van der Waals surface area contributed by atoms with Gasteiger partial charge >= 0.3 is 5.97 Å². The third-order valence-electron chi connectivity index (χ3n) is 3.60. The van der Waals surface area contributed by atoms with Gasteiger partial charge in [-0.25, -0.2) is 4.79 Å². The van der Waals surface area contributed by atoms with Crippen LogP contribution in [0.5, 0.6) is 17.2 Å². The van der Waals surface area contributed by atoms with Crippen molar-refractivity contribution in [3.8, 4) is 17.2 Å². The molecule has 0 heterocycles. The number of hydrogen-bond acceptors (Lipinski definition) is 4. The van der Waals surface area contributed by atoms with E-state index in [2.05, 4.69) is 15.9 Å². The molecule has 0 saturated carbocycles. The Balaban J connectivity index is 1.85. The van der Waals surface area contributed by atoms with Crippen molar-refractivity contribution in [2.24, 2.45) is 0 Å². The van der Waals surface area contributed by atoms with Gasteiger partial charge in [-0.3, -0.25) is 0 Å². The summed E-state index contributed by atoms with van der Waals surface area (Å²) in [6.45, 7) is 0. The first kappa shape index (κ1) is 16.3. The molecule has 0 unspecified atom stereocenters. The lowest BCUT2D eigenvalue weighted by atomic mass is 10.1. The van der Waals surface area contributed by atoms with E-state index in [0.29, 0.717) is 22.8 Å². The van der Waals surface area contributed by atoms with Crippen LogP contribution in [-0.2, 0) is 0 Å². The van der Waals surface area contributed by atoms with E-state index in [4.69, 9.17) is 14.2 Å². The summed E-state index contributed by atoms with van der Waals surface area (Å²) < 4.78 is 16.8. The second-order valence-corrected chi connectivity index (χ2v) is 6.03. The molecule has 0 amide bonds. The van der Waals surface area contributed by atoms with Crippen LogP contribution in [0.25, 0.3) is 10.8 Å². The van der Waals surface area contributed by atoms with Gasteiger partial charge in [0.25, 0.3) is 0 Å². The van der Waals surface area contributed by atoms with E-state index in [1.165, 1.54) is 7.11 Å². The molecule has 0 spiro atoms. The fourth-order valence-electron chi connectivity index (χ4n) is 2.39. The predicted molar refractivity (Wildman–Crippen MR) is 96.2 cm³/mol. The number of ether oxygens (including phenoxy) is 3. The van der Waals surface area contributed by atoms with Crippen LogP contribution in [0.4, 0.5) is 0 Å². The summed E-state index contributed by atoms with van der Waals surface area (Å²) in [5.41, 5.74) is 0.392. The van der Waals surface area contributed by atoms with Gasteiger partial charge in [-0.05, 0) is 53.2 Å². The molecule has 3 rings (SSSR count). The van der Waals surface area contributed by atoms with E-state index in [9.17, 15) is 4.79 Å². The van der Waals surface area contributed by atoms with Crippen LogP contribution in [0.1, 0.15) is 10.4 Å². The van der Waals surface area contributed by atoms with E-state index >= 15 is 0 Å². The van der Waals surface area contributed by atoms with E-state index in [1.54, 1.807) is 31.4 Å². The Labute approximate surface area is 148 Å². The maximum absolute atomic E-state index is 12.3. The van der Waals surface area contributed by atoms with Crippen molar-refractivity contribution in [3.63, 3.8) is 0 Å². The van der Waals surface area contributed by atoms with Crippen molar-refractivity contribution in [1.29, 1.82) is 0 Å². The molecule has 0 aliphatic heterocycles. The molecule has 0 aliphatic carbocycles. The fourth-order valence-corrected chi connectivity index (χ4v) is 2.77. The van der Waals surface area contributed by atoms with Gasteiger partial charge in [0.05, 0.1) is 19.8 Å². The van der Waals surface area contributed by atoms with Crippen LogP contribution >= 0.6 is 15.9 Å². The number of methoxy groups -OCH3 is 2. The number of carbonyl (C=O) groups excluding carboxylic acids is 1. The standard InChI is InChI=1S/C19H15BrO4/c1-22-17-8-5-14(11-18(17)23-2)19(21)24-16-7-4-12-9-15(20)6-3-13(12)10-16/h3-11H,1-2H3. The lowest BCUT2D eigenvalue weighted by molar-refractivity contribution is 0.0734. The summed E-state index contributed by atoms with van der Waals surface area (Å²) in [6, 6.07) is 16.4. The monoisotopic (exact) mass is 386 g/mol. The van der Waals surface area contributed by atoms with E-state index in [-0.39, 0.29) is 0 Å². The topological polar surface area (TPSA) is 44.8 Å². The number of hydrogen-bond donors (Lipinski definition) is 0. The van der Waals surface area contributed by atoms with Crippen molar-refractivity contribution in [2.45, 2.75) is 0 Å². The molecule has 3 aromatic rings. The molecule has 5 heteroatoms. The van der Waals surface area contributed by atoms with Crippen LogP contribution in [0.3, 0.4) is 0 Å². The third-order valence-corrected chi connectivity index (χ3v) is 4.10. The third kappa shape index (κ3) is 3.36. The Kier molecular flexibility index (Phi) is 4.71. The number of fused-ring (bicyclic) bond motifs is 1. The zero-order valence-electron chi connectivity index (χ0n) is 13.2. The van der Waals surface area contributed by atoms with Gasteiger partial charge in [0.2, 0.25) is 0 Å². The second-order valence-electron chi connectivity index (χ2n) is 5.11. The summed E-state index contributed by atoms with van der Waals surface area (Å²) in [5, 5.41) is 2.06. The zero-order valence-corrected chi connectivity index (χ0v) is 14.8. The van der Waals surface area contributed by atoms with Crippen molar-refractivity contribution >= 4 is 32.7 Å². The van der Waals surface area contributed by atoms with Gasteiger partial charge in [0.15, 0.2) is 11.5 Å². The molecule has 0 N–H and O–H groups in total. The average Bonchev–Trinajstić information content (AvgIpc) is 2.61. The Hall–Kier alpha value is -2.53. The molecule has 24 heavy (non-hydrogen) atoms. The highest BCUT2D eigenvalue weighted by Gasteiger charge is 2.13. The number of carbonyl (C=O) groups is 1. The average molecular weight is 387 g/mol. The minimum atomic E-state index is -0.451. The molecule has 0 saturated heterocycles. The smallest absolute Gasteiger partial charge is 0.343 e. The van der Waals surface area contributed by atoms with Gasteiger partial charge in [-0.1, -0.05) is 28.1 Å². The maximum Gasteiger partial charge on any atom is 0.343 e. The van der Waals surface area contributed by atoms with Gasteiger partial charge in [-0.2, -0.15) is 0 Å². The number of benzene rings is 3. The van der Waals surface area contributed by atoms with Crippen LogP contribution in [-0.4, -0.2) is 20.2 Å². The molecule has 122 valence electrons. The summed E-state index contributed by atoms with van der Waals surface area (Å²) in [7, 11) is 3.07. The Morgan fingerprint density at radius 3 is 2.29 bits per heavy atom. The molecule has 0 bridgehead atoms. The van der Waals surface area contributed by atoms with Crippen molar-refractivity contribution in [3.05, 3.63) is 64.6 Å². The number of halogens is 1. The van der Waals surface area contributed by atoms with Crippen LogP contribution in [0.15, 0.2) is 59.1 Å². The minimum Gasteiger partial charge on any atom is -0.493 e. The number of esters is 1. The molecule has 0 atom stereocenters. The first-order valence-electron chi connectivity index (χ1n) is 7.24. The molecule has 4 nitrogen and oxygen atoms in total. The van der Waals surface area contributed by atoms with Crippen LogP contribution < -0.4 is 14.2 Å². The van der Waals surface area contributed by atoms with Gasteiger partial charge in [-0.15, -0.1) is 0 Å². The largest absolute Gasteiger partial charge is 0.493 e. The Bertz CT molecular complexity index is 905. The Morgan fingerprint density at radius 1 is 0.833 bits per heavy atom. The minimum absolute atomic E-state index is 0.392. The highest BCUT2D eigenvalue weighted by Crippen LogP contribution is 2.29. The van der Waals surface area contributed by atoms with E-state index in [1.807, 2.05) is 30.3 Å². The highest BCUT2D eigenvalue weighted by atomic mass is 79.9. The molecule has 0 fully saturated rings. The maximum atomic E-state index is 12.3. The summed E-state index contributed by atoms with van der Waals surface area (Å²) in [4.78, 5) is 12.3.